The topological polar surface area (TPSA) is 56.1 Å². The van der Waals surface area contributed by atoms with Crippen molar-refractivity contribution in [3.8, 4) is 5.75 Å². The first kappa shape index (κ1) is 23.8. The minimum Gasteiger partial charge on any atom is -0.489 e. The summed E-state index contributed by atoms with van der Waals surface area (Å²) in [4.78, 5) is 12.6. The van der Waals surface area contributed by atoms with Gasteiger partial charge in [-0.1, -0.05) is 41.4 Å². The number of aromatic nitrogens is 2. The highest BCUT2D eigenvalue weighted by Crippen LogP contribution is 2.26. The van der Waals surface area contributed by atoms with Gasteiger partial charge in [0.05, 0.1) is 18.4 Å². The van der Waals surface area contributed by atoms with Gasteiger partial charge in [-0.3, -0.25) is 9.48 Å². The van der Waals surface area contributed by atoms with Crippen LogP contribution in [0.25, 0.3) is 0 Å². The summed E-state index contributed by atoms with van der Waals surface area (Å²) in [5.41, 5.74) is 4.65. The van der Waals surface area contributed by atoms with E-state index in [9.17, 15) is 9.18 Å². The summed E-state index contributed by atoms with van der Waals surface area (Å²) in [5.74, 6) is 0.103. The maximum atomic E-state index is 13.2. The SMILES string of the molecule is Cc1cc(OCc2ccc(C(=O)Nc3cnn(Cc4ccc(F)cc4Cl)c3)cc2)cc(C)c1Cl. The van der Waals surface area contributed by atoms with Crippen molar-refractivity contribution in [1.82, 2.24) is 9.78 Å². The van der Waals surface area contributed by atoms with Gasteiger partial charge in [0.25, 0.3) is 5.91 Å². The summed E-state index contributed by atoms with van der Waals surface area (Å²) in [7, 11) is 0. The lowest BCUT2D eigenvalue weighted by Gasteiger charge is -2.10. The van der Waals surface area contributed by atoms with Crippen LogP contribution in [-0.4, -0.2) is 15.7 Å². The van der Waals surface area contributed by atoms with Crippen LogP contribution in [0.15, 0.2) is 67.0 Å². The average Bonchev–Trinajstić information content (AvgIpc) is 3.25. The number of benzene rings is 3. The van der Waals surface area contributed by atoms with Crippen LogP contribution in [0.4, 0.5) is 10.1 Å². The zero-order chi connectivity index (χ0) is 24.2. The normalized spacial score (nSPS) is 10.9. The van der Waals surface area contributed by atoms with Crippen molar-refractivity contribution in [2.24, 2.45) is 0 Å². The van der Waals surface area contributed by atoms with Crippen molar-refractivity contribution in [2.45, 2.75) is 27.0 Å². The number of ether oxygens (including phenoxy) is 1. The maximum Gasteiger partial charge on any atom is 0.255 e. The van der Waals surface area contributed by atoms with E-state index in [1.54, 1.807) is 35.3 Å². The molecule has 4 aromatic rings. The molecule has 0 atom stereocenters. The Bertz CT molecular complexity index is 1310. The van der Waals surface area contributed by atoms with Crippen LogP contribution >= 0.6 is 23.2 Å². The standard InChI is InChI=1S/C26H22Cl2FN3O2/c1-16-9-23(10-17(2)25(16)28)34-15-18-3-5-19(6-4-18)26(33)31-22-12-30-32(14-22)13-20-7-8-21(29)11-24(20)27/h3-12,14H,13,15H2,1-2H3,(H,31,33). The molecule has 1 amide bonds. The molecule has 1 N–H and O–H groups in total. The minimum absolute atomic E-state index is 0.254. The van der Waals surface area contributed by atoms with Crippen LogP contribution in [-0.2, 0) is 13.2 Å². The molecule has 1 heterocycles. The molecule has 0 saturated carbocycles. The van der Waals surface area contributed by atoms with E-state index in [2.05, 4.69) is 10.4 Å². The van der Waals surface area contributed by atoms with Gasteiger partial charge >= 0.3 is 0 Å². The van der Waals surface area contributed by atoms with E-state index in [0.29, 0.717) is 29.4 Å². The highest BCUT2D eigenvalue weighted by Gasteiger charge is 2.10. The molecule has 0 radical (unpaired) electrons. The number of halogens is 3. The molecule has 0 bridgehead atoms. The molecule has 4 rings (SSSR count). The van der Waals surface area contributed by atoms with Crippen LogP contribution in [0, 0.1) is 19.7 Å². The monoisotopic (exact) mass is 497 g/mol. The third-order valence-electron chi connectivity index (χ3n) is 5.27. The molecule has 34 heavy (non-hydrogen) atoms. The Labute approximate surface area is 207 Å². The second kappa shape index (κ2) is 10.3. The molecule has 1 aromatic heterocycles. The molecule has 174 valence electrons. The molecule has 0 aliphatic rings. The van der Waals surface area contributed by atoms with Crippen LogP contribution < -0.4 is 10.1 Å². The zero-order valence-corrected chi connectivity index (χ0v) is 20.1. The number of nitrogens with one attached hydrogen (secondary N) is 1. The van der Waals surface area contributed by atoms with Crippen LogP contribution in [0.5, 0.6) is 5.75 Å². The highest BCUT2D eigenvalue weighted by atomic mass is 35.5. The predicted octanol–water partition coefficient (Wildman–Crippen LogP) is 6.83. The molecule has 3 aromatic carbocycles. The molecule has 0 saturated heterocycles. The van der Waals surface area contributed by atoms with Gasteiger partial charge in [0, 0.05) is 21.8 Å². The number of hydrogen-bond donors (Lipinski definition) is 1. The lowest BCUT2D eigenvalue weighted by atomic mass is 10.1. The van der Waals surface area contributed by atoms with Crippen molar-refractivity contribution in [1.29, 1.82) is 0 Å². The van der Waals surface area contributed by atoms with Gasteiger partial charge in [-0.15, -0.1) is 0 Å². The van der Waals surface area contributed by atoms with Crippen molar-refractivity contribution < 1.29 is 13.9 Å². The number of carbonyl (C=O) groups excluding carboxylic acids is 1. The molecule has 8 heteroatoms. The fourth-order valence-corrected chi connectivity index (χ4v) is 3.79. The number of carbonyl (C=O) groups is 1. The average molecular weight is 498 g/mol. The maximum absolute atomic E-state index is 13.2. The van der Waals surface area contributed by atoms with Crippen molar-refractivity contribution in [3.63, 3.8) is 0 Å². The Balaban J connectivity index is 1.34. The molecule has 5 nitrogen and oxygen atoms in total. The van der Waals surface area contributed by atoms with E-state index >= 15 is 0 Å². The van der Waals surface area contributed by atoms with E-state index in [0.717, 1.165) is 33.0 Å². The summed E-state index contributed by atoms with van der Waals surface area (Å²) in [6.07, 6.45) is 3.24. The Morgan fingerprint density at radius 3 is 2.44 bits per heavy atom. The fraction of sp³-hybridized carbons (Fsp3) is 0.154. The number of aryl methyl sites for hydroxylation is 2. The molecule has 0 unspecified atom stereocenters. The van der Waals surface area contributed by atoms with E-state index in [1.807, 2.05) is 38.1 Å². The van der Waals surface area contributed by atoms with E-state index in [1.165, 1.54) is 12.1 Å². The fourth-order valence-electron chi connectivity index (χ4n) is 3.45. The largest absolute Gasteiger partial charge is 0.489 e. The number of anilines is 1. The van der Waals surface area contributed by atoms with Crippen molar-refractivity contribution >= 4 is 34.8 Å². The Morgan fingerprint density at radius 2 is 1.76 bits per heavy atom. The third-order valence-corrected chi connectivity index (χ3v) is 6.22. The van der Waals surface area contributed by atoms with Crippen molar-refractivity contribution in [3.05, 3.63) is 111 Å². The second-order valence-corrected chi connectivity index (χ2v) is 8.76. The van der Waals surface area contributed by atoms with Crippen LogP contribution in [0.1, 0.15) is 32.6 Å². The number of rotatable bonds is 7. The first-order chi connectivity index (χ1) is 16.3. The quantitative estimate of drug-likeness (QED) is 0.304. The lowest BCUT2D eigenvalue weighted by Crippen LogP contribution is -2.11. The Kier molecular flexibility index (Phi) is 7.20. The predicted molar refractivity (Wildman–Crippen MR) is 132 cm³/mol. The Morgan fingerprint density at radius 1 is 1.06 bits per heavy atom. The van der Waals surface area contributed by atoms with Gasteiger partial charge in [-0.05, 0) is 72.5 Å². The molecule has 0 aliphatic heterocycles. The van der Waals surface area contributed by atoms with Crippen LogP contribution in [0.3, 0.4) is 0 Å². The minimum atomic E-state index is -0.394. The van der Waals surface area contributed by atoms with Gasteiger partial charge in [-0.25, -0.2) is 4.39 Å². The number of nitrogens with zero attached hydrogens (tertiary/aromatic N) is 2. The first-order valence-electron chi connectivity index (χ1n) is 10.5. The van der Waals surface area contributed by atoms with E-state index in [4.69, 9.17) is 27.9 Å². The summed E-state index contributed by atoms with van der Waals surface area (Å²) < 4.78 is 20.7. The van der Waals surface area contributed by atoms with E-state index in [-0.39, 0.29) is 5.91 Å². The van der Waals surface area contributed by atoms with Gasteiger partial charge in [0.1, 0.15) is 18.2 Å². The van der Waals surface area contributed by atoms with Gasteiger partial charge in [0.2, 0.25) is 0 Å². The zero-order valence-electron chi connectivity index (χ0n) is 18.6. The van der Waals surface area contributed by atoms with E-state index < -0.39 is 5.82 Å². The second-order valence-electron chi connectivity index (χ2n) is 7.97. The molecular weight excluding hydrogens is 476 g/mol. The third kappa shape index (κ3) is 5.76. The Hall–Kier alpha value is -3.35. The highest BCUT2D eigenvalue weighted by molar-refractivity contribution is 6.32. The van der Waals surface area contributed by atoms with Crippen LogP contribution in [0.2, 0.25) is 10.0 Å². The van der Waals surface area contributed by atoms with Gasteiger partial charge in [0.15, 0.2) is 0 Å². The summed E-state index contributed by atoms with van der Waals surface area (Å²) in [5, 5.41) is 8.12. The molecular formula is C26H22Cl2FN3O2. The first-order valence-corrected chi connectivity index (χ1v) is 11.3. The lowest BCUT2D eigenvalue weighted by molar-refractivity contribution is 0.102. The summed E-state index contributed by atoms with van der Waals surface area (Å²) in [6, 6.07) is 15.2. The van der Waals surface area contributed by atoms with Crippen molar-refractivity contribution in [2.75, 3.05) is 5.32 Å². The molecule has 0 aliphatic carbocycles. The molecule has 0 fully saturated rings. The van der Waals surface area contributed by atoms with Gasteiger partial charge in [-0.2, -0.15) is 5.10 Å². The van der Waals surface area contributed by atoms with Gasteiger partial charge < -0.3 is 10.1 Å². The molecule has 0 spiro atoms. The summed E-state index contributed by atoms with van der Waals surface area (Å²) >= 11 is 12.3. The number of amides is 1. The smallest absolute Gasteiger partial charge is 0.255 e. The summed E-state index contributed by atoms with van der Waals surface area (Å²) in [6.45, 7) is 4.62. The number of hydrogen-bond acceptors (Lipinski definition) is 3.